The first kappa shape index (κ1) is 16.0. The largest absolute Gasteiger partial charge is 0.466 e. The van der Waals surface area contributed by atoms with Crippen LogP contribution in [-0.2, 0) is 14.3 Å². The number of rotatable bonds is 4. The van der Waals surface area contributed by atoms with Crippen LogP contribution in [0.25, 0.3) is 0 Å². The molecule has 0 N–H and O–H groups in total. The second kappa shape index (κ2) is 7.38. The molecule has 1 amide bonds. The summed E-state index contributed by atoms with van der Waals surface area (Å²) in [5.41, 5.74) is -0.587. The van der Waals surface area contributed by atoms with Crippen LogP contribution < -0.4 is 0 Å². The van der Waals surface area contributed by atoms with E-state index >= 15 is 0 Å². The normalized spacial score (nSPS) is 10.8. The Kier molecular flexibility index (Phi) is 6.58. The summed E-state index contributed by atoms with van der Waals surface area (Å²) in [6.45, 7) is 5.60. The molecule has 5 heteroatoms. The summed E-state index contributed by atoms with van der Waals surface area (Å²) in [6, 6.07) is 0. The van der Waals surface area contributed by atoms with E-state index < -0.39 is 17.7 Å². The maximum Gasteiger partial charge on any atom is 0.411 e. The SMILES string of the molecule is C#CCN(CC=CC(=O)OC)C(=O)OC(C)(C)C. The minimum Gasteiger partial charge on any atom is -0.466 e. The first-order valence-electron chi connectivity index (χ1n) is 5.46. The molecule has 0 aromatic carbocycles. The van der Waals surface area contributed by atoms with Crippen molar-refractivity contribution in [1.29, 1.82) is 0 Å². The molecule has 0 bridgehead atoms. The minimum atomic E-state index is -0.587. The molecule has 0 heterocycles. The molecular formula is C13H19NO4. The first-order valence-corrected chi connectivity index (χ1v) is 5.46. The smallest absolute Gasteiger partial charge is 0.411 e. The van der Waals surface area contributed by atoms with Gasteiger partial charge >= 0.3 is 12.1 Å². The number of hydrogen-bond acceptors (Lipinski definition) is 4. The molecule has 0 radical (unpaired) electrons. The Hall–Kier alpha value is -1.96. The van der Waals surface area contributed by atoms with Gasteiger partial charge in [0.2, 0.25) is 0 Å². The van der Waals surface area contributed by atoms with Gasteiger partial charge in [-0.1, -0.05) is 12.0 Å². The van der Waals surface area contributed by atoms with Crippen LogP contribution >= 0.6 is 0 Å². The highest BCUT2D eigenvalue weighted by molar-refractivity contribution is 5.81. The first-order chi connectivity index (χ1) is 8.30. The molecule has 0 saturated carbocycles. The van der Waals surface area contributed by atoms with Crippen molar-refractivity contribution in [2.24, 2.45) is 0 Å². The Morgan fingerprint density at radius 2 is 2.00 bits per heavy atom. The summed E-state index contributed by atoms with van der Waals surface area (Å²) >= 11 is 0. The van der Waals surface area contributed by atoms with Crippen molar-refractivity contribution in [2.75, 3.05) is 20.2 Å². The molecule has 0 fully saturated rings. The highest BCUT2D eigenvalue weighted by atomic mass is 16.6. The lowest BCUT2D eigenvalue weighted by atomic mass is 10.2. The van der Waals surface area contributed by atoms with Gasteiger partial charge in [-0.15, -0.1) is 6.42 Å². The molecule has 0 aliphatic rings. The monoisotopic (exact) mass is 253 g/mol. The zero-order chi connectivity index (χ0) is 14.2. The van der Waals surface area contributed by atoms with Gasteiger partial charge in [-0.05, 0) is 20.8 Å². The highest BCUT2D eigenvalue weighted by Crippen LogP contribution is 2.09. The minimum absolute atomic E-state index is 0.112. The van der Waals surface area contributed by atoms with Crippen LogP contribution in [0, 0.1) is 12.3 Å². The third kappa shape index (κ3) is 7.34. The summed E-state index contributed by atoms with van der Waals surface area (Å²) in [6.07, 6.45) is 7.38. The maximum absolute atomic E-state index is 11.8. The average molecular weight is 253 g/mol. The van der Waals surface area contributed by atoms with Crippen LogP contribution in [0.15, 0.2) is 12.2 Å². The Labute approximate surface area is 108 Å². The van der Waals surface area contributed by atoms with Gasteiger partial charge in [-0.25, -0.2) is 9.59 Å². The van der Waals surface area contributed by atoms with Crippen molar-refractivity contribution in [2.45, 2.75) is 26.4 Å². The van der Waals surface area contributed by atoms with E-state index in [9.17, 15) is 9.59 Å². The number of hydrogen-bond donors (Lipinski definition) is 0. The Morgan fingerprint density at radius 3 is 2.44 bits per heavy atom. The van der Waals surface area contributed by atoms with E-state index in [0.717, 1.165) is 0 Å². The molecule has 0 saturated heterocycles. The van der Waals surface area contributed by atoms with Gasteiger partial charge in [0, 0.05) is 12.6 Å². The molecule has 5 nitrogen and oxygen atoms in total. The number of esters is 1. The van der Waals surface area contributed by atoms with E-state index in [2.05, 4.69) is 10.7 Å². The number of carbonyl (C=O) groups is 2. The molecule has 100 valence electrons. The quantitative estimate of drug-likeness (QED) is 0.433. The average Bonchev–Trinajstić information content (AvgIpc) is 2.25. The number of ether oxygens (including phenoxy) is 2. The van der Waals surface area contributed by atoms with Crippen LogP contribution in [0.2, 0.25) is 0 Å². The van der Waals surface area contributed by atoms with Gasteiger partial charge in [0.15, 0.2) is 0 Å². The van der Waals surface area contributed by atoms with Crippen molar-refractivity contribution in [1.82, 2.24) is 4.90 Å². The van der Waals surface area contributed by atoms with Crippen LogP contribution in [0.1, 0.15) is 20.8 Å². The van der Waals surface area contributed by atoms with E-state index in [1.54, 1.807) is 20.8 Å². The lowest BCUT2D eigenvalue weighted by molar-refractivity contribution is -0.134. The predicted octanol–water partition coefficient (Wildman–Crippen LogP) is 1.59. The molecular weight excluding hydrogens is 234 g/mol. The summed E-state index contributed by atoms with van der Waals surface area (Å²) in [4.78, 5) is 23.9. The van der Waals surface area contributed by atoms with E-state index in [-0.39, 0.29) is 13.1 Å². The predicted molar refractivity (Wildman–Crippen MR) is 67.8 cm³/mol. The van der Waals surface area contributed by atoms with Gasteiger partial charge in [-0.3, -0.25) is 4.90 Å². The van der Waals surface area contributed by atoms with Crippen molar-refractivity contribution >= 4 is 12.1 Å². The second-order valence-corrected chi connectivity index (χ2v) is 4.49. The van der Waals surface area contributed by atoms with E-state index in [0.29, 0.717) is 0 Å². The fraction of sp³-hybridized carbons (Fsp3) is 0.538. The number of amides is 1. The van der Waals surface area contributed by atoms with Gasteiger partial charge in [0.1, 0.15) is 5.60 Å². The fourth-order valence-corrected chi connectivity index (χ4v) is 0.985. The van der Waals surface area contributed by atoms with Crippen molar-refractivity contribution in [3.63, 3.8) is 0 Å². The number of terminal acetylenes is 1. The Balaban J connectivity index is 4.48. The molecule has 0 rings (SSSR count). The van der Waals surface area contributed by atoms with E-state index in [1.807, 2.05) is 0 Å². The van der Waals surface area contributed by atoms with Gasteiger partial charge in [0.25, 0.3) is 0 Å². The van der Waals surface area contributed by atoms with Gasteiger partial charge < -0.3 is 9.47 Å². The molecule has 0 spiro atoms. The second-order valence-electron chi connectivity index (χ2n) is 4.49. The molecule has 18 heavy (non-hydrogen) atoms. The fourth-order valence-electron chi connectivity index (χ4n) is 0.985. The topological polar surface area (TPSA) is 55.8 Å². The number of carbonyl (C=O) groups excluding carboxylic acids is 2. The molecule has 0 aromatic heterocycles. The number of methoxy groups -OCH3 is 1. The molecule has 0 atom stereocenters. The molecule has 0 aromatic rings. The van der Waals surface area contributed by atoms with Crippen molar-refractivity contribution in [3.05, 3.63) is 12.2 Å². The third-order valence-corrected chi connectivity index (χ3v) is 1.71. The standard InChI is InChI=1S/C13H19NO4/c1-6-9-14(10-7-8-11(15)17-5)12(16)18-13(2,3)4/h1,7-8H,9-10H2,2-5H3. The van der Waals surface area contributed by atoms with E-state index in [1.165, 1.54) is 24.2 Å². The Bertz CT molecular complexity index is 360. The Morgan fingerprint density at radius 1 is 1.39 bits per heavy atom. The van der Waals surface area contributed by atoms with Crippen LogP contribution in [0.5, 0.6) is 0 Å². The lowest BCUT2D eigenvalue weighted by Crippen LogP contribution is -2.37. The molecule has 0 aliphatic heterocycles. The van der Waals surface area contributed by atoms with Crippen molar-refractivity contribution in [3.8, 4) is 12.3 Å². The number of nitrogens with zero attached hydrogens (tertiary/aromatic N) is 1. The van der Waals surface area contributed by atoms with Crippen LogP contribution in [0.3, 0.4) is 0 Å². The summed E-state index contributed by atoms with van der Waals surface area (Å²) < 4.78 is 9.61. The summed E-state index contributed by atoms with van der Waals surface area (Å²) in [7, 11) is 1.28. The van der Waals surface area contributed by atoms with Crippen LogP contribution in [-0.4, -0.2) is 42.8 Å². The zero-order valence-electron chi connectivity index (χ0n) is 11.2. The lowest BCUT2D eigenvalue weighted by Gasteiger charge is -2.25. The van der Waals surface area contributed by atoms with Gasteiger partial charge in [-0.2, -0.15) is 0 Å². The summed E-state index contributed by atoms with van der Waals surface area (Å²) in [5.74, 6) is 1.88. The highest BCUT2D eigenvalue weighted by Gasteiger charge is 2.20. The van der Waals surface area contributed by atoms with Gasteiger partial charge in [0.05, 0.1) is 13.7 Å². The molecule has 0 unspecified atom stereocenters. The maximum atomic E-state index is 11.8. The third-order valence-electron chi connectivity index (χ3n) is 1.71. The zero-order valence-corrected chi connectivity index (χ0v) is 11.2. The van der Waals surface area contributed by atoms with Crippen molar-refractivity contribution < 1.29 is 19.1 Å². The van der Waals surface area contributed by atoms with E-state index in [4.69, 9.17) is 11.2 Å². The molecule has 0 aliphatic carbocycles. The summed E-state index contributed by atoms with van der Waals surface area (Å²) in [5, 5.41) is 0. The van der Waals surface area contributed by atoms with Crippen LogP contribution in [0.4, 0.5) is 4.79 Å².